The molecule has 3 rings (SSSR count). The van der Waals surface area contributed by atoms with Gasteiger partial charge in [0, 0.05) is 11.8 Å². The standard InChI is InChI=1S/C16H24O9/c1-6-2-3-7-8(14(21)22)5-23-15(10(6)7)25-16-13(20)12(19)11(18)9(4-17)24-16/h5-7,9-13,15-20H,2-4H2,1H3,(H,21,22)/t6-,7?,9+,10?,11+,12-,13+,15-,16-/m0/s1. The molecule has 9 atom stereocenters. The number of fused-ring (bicyclic) bond motifs is 1. The van der Waals surface area contributed by atoms with Gasteiger partial charge in [0.1, 0.15) is 24.4 Å². The Kier molecular flexibility index (Phi) is 5.33. The van der Waals surface area contributed by atoms with Crippen LogP contribution < -0.4 is 0 Å². The largest absolute Gasteiger partial charge is 0.478 e. The summed E-state index contributed by atoms with van der Waals surface area (Å²) in [5, 5.41) is 48.3. The molecular weight excluding hydrogens is 336 g/mol. The Balaban J connectivity index is 1.77. The van der Waals surface area contributed by atoms with E-state index in [1.54, 1.807) is 0 Å². The SMILES string of the molecule is C[C@H]1CCC2C(C(=O)O)=CO[C@@H](O[C@@H]3O[C@H](CO)[C@@H](O)[C@H](O)[C@H]3O)C21. The molecule has 1 saturated carbocycles. The van der Waals surface area contributed by atoms with E-state index in [0.29, 0.717) is 6.42 Å². The van der Waals surface area contributed by atoms with Gasteiger partial charge in [-0.2, -0.15) is 0 Å². The van der Waals surface area contributed by atoms with Gasteiger partial charge in [0.2, 0.25) is 6.29 Å². The lowest BCUT2D eigenvalue weighted by atomic mass is 9.83. The lowest BCUT2D eigenvalue weighted by molar-refractivity contribution is -0.342. The van der Waals surface area contributed by atoms with Crippen LogP contribution in [0.4, 0.5) is 0 Å². The van der Waals surface area contributed by atoms with Gasteiger partial charge in [-0.1, -0.05) is 6.92 Å². The van der Waals surface area contributed by atoms with Crippen LogP contribution in [0.5, 0.6) is 0 Å². The van der Waals surface area contributed by atoms with Crippen LogP contribution in [0.2, 0.25) is 0 Å². The van der Waals surface area contributed by atoms with Crippen molar-refractivity contribution < 1.29 is 44.5 Å². The highest BCUT2D eigenvalue weighted by atomic mass is 16.8. The van der Waals surface area contributed by atoms with E-state index in [9.17, 15) is 30.3 Å². The van der Waals surface area contributed by atoms with E-state index in [4.69, 9.17) is 14.2 Å². The summed E-state index contributed by atoms with van der Waals surface area (Å²) in [6, 6.07) is 0. The van der Waals surface area contributed by atoms with E-state index >= 15 is 0 Å². The first kappa shape index (κ1) is 18.6. The minimum Gasteiger partial charge on any atom is -0.478 e. The third kappa shape index (κ3) is 3.27. The van der Waals surface area contributed by atoms with Gasteiger partial charge in [-0.25, -0.2) is 4.79 Å². The number of ether oxygens (including phenoxy) is 3. The summed E-state index contributed by atoms with van der Waals surface area (Å²) >= 11 is 0. The number of aliphatic hydroxyl groups excluding tert-OH is 4. The molecule has 0 bridgehead atoms. The van der Waals surface area contributed by atoms with Gasteiger partial charge in [-0.05, 0) is 18.8 Å². The molecule has 5 N–H and O–H groups in total. The maximum Gasteiger partial charge on any atom is 0.334 e. The van der Waals surface area contributed by atoms with E-state index in [0.717, 1.165) is 12.7 Å². The zero-order valence-electron chi connectivity index (χ0n) is 13.8. The molecule has 0 amide bonds. The first-order valence-electron chi connectivity index (χ1n) is 8.40. The molecule has 2 unspecified atom stereocenters. The van der Waals surface area contributed by atoms with Crippen molar-refractivity contribution in [1.29, 1.82) is 0 Å². The molecule has 25 heavy (non-hydrogen) atoms. The van der Waals surface area contributed by atoms with E-state index in [-0.39, 0.29) is 23.3 Å². The minimum absolute atomic E-state index is 0.142. The summed E-state index contributed by atoms with van der Waals surface area (Å²) in [7, 11) is 0. The maximum absolute atomic E-state index is 11.4. The Morgan fingerprint density at radius 3 is 2.56 bits per heavy atom. The third-order valence-corrected chi connectivity index (χ3v) is 5.46. The minimum atomic E-state index is -1.54. The monoisotopic (exact) mass is 360 g/mol. The van der Waals surface area contributed by atoms with Gasteiger partial charge in [-0.3, -0.25) is 0 Å². The maximum atomic E-state index is 11.4. The lowest BCUT2D eigenvalue weighted by Crippen LogP contribution is -2.60. The van der Waals surface area contributed by atoms with Gasteiger partial charge in [0.15, 0.2) is 6.29 Å². The van der Waals surface area contributed by atoms with E-state index in [1.165, 1.54) is 0 Å². The van der Waals surface area contributed by atoms with E-state index < -0.39 is 49.6 Å². The van der Waals surface area contributed by atoms with Crippen molar-refractivity contribution >= 4 is 5.97 Å². The summed E-state index contributed by atoms with van der Waals surface area (Å²) in [4.78, 5) is 11.4. The smallest absolute Gasteiger partial charge is 0.334 e. The predicted molar refractivity (Wildman–Crippen MR) is 80.8 cm³/mol. The van der Waals surface area contributed by atoms with Crippen molar-refractivity contribution in [2.45, 2.75) is 56.8 Å². The molecule has 9 heteroatoms. The number of carboxylic acid groups (broad SMARTS) is 1. The van der Waals surface area contributed by atoms with Crippen LogP contribution in [0.3, 0.4) is 0 Å². The van der Waals surface area contributed by atoms with Gasteiger partial charge >= 0.3 is 5.97 Å². The second kappa shape index (κ2) is 7.18. The quantitative estimate of drug-likeness (QED) is 0.417. The van der Waals surface area contributed by atoms with Crippen LogP contribution in [-0.4, -0.2) is 75.1 Å². The molecule has 0 aromatic carbocycles. The zero-order chi connectivity index (χ0) is 18.3. The van der Waals surface area contributed by atoms with Crippen molar-refractivity contribution in [1.82, 2.24) is 0 Å². The third-order valence-electron chi connectivity index (χ3n) is 5.46. The van der Waals surface area contributed by atoms with Crippen LogP contribution in [-0.2, 0) is 19.0 Å². The molecule has 0 radical (unpaired) electrons. The Morgan fingerprint density at radius 2 is 1.92 bits per heavy atom. The van der Waals surface area contributed by atoms with Crippen molar-refractivity contribution in [2.24, 2.45) is 17.8 Å². The van der Waals surface area contributed by atoms with Gasteiger partial charge < -0.3 is 39.7 Å². The number of hydrogen-bond acceptors (Lipinski definition) is 8. The fraction of sp³-hybridized carbons (Fsp3) is 0.812. The van der Waals surface area contributed by atoms with Crippen LogP contribution in [0, 0.1) is 17.8 Å². The van der Waals surface area contributed by atoms with Crippen LogP contribution in [0.25, 0.3) is 0 Å². The Morgan fingerprint density at radius 1 is 1.20 bits per heavy atom. The highest BCUT2D eigenvalue weighted by Gasteiger charge is 2.50. The van der Waals surface area contributed by atoms with Crippen LogP contribution >= 0.6 is 0 Å². The molecule has 9 nitrogen and oxygen atoms in total. The van der Waals surface area contributed by atoms with Gasteiger partial charge in [0.05, 0.1) is 18.4 Å². The summed E-state index contributed by atoms with van der Waals surface area (Å²) in [6.45, 7) is 1.42. The molecule has 2 aliphatic heterocycles. The molecule has 142 valence electrons. The van der Waals surface area contributed by atoms with Crippen molar-refractivity contribution in [3.8, 4) is 0 Å². The number of rotatable bonds is 4. The molecule has 0 aromatic heterocycles. The van der Waals surface area contributed by atoms with Crippen LogP contribution in [0.15, 0.2) is 11.8 Å². The molecule has 0 aromatic rings. The number of aliphatic carboxylic acids is 1. The predicted octanol–water partition coefficient (Wildman–Crippen LogP) is -1.21. The Bertz CT molecular complexity index is 534. The second-order valence-corrected chi connectivity index (χ2v) is 6.95. The van der Waals surface area contributed by atoms with Crippen LogP contribution in [0.1, 0.15) is 19.8 Å². The normalized spacial score (nSPS) is 46.9. The zero-order valence-corrected chi connectivity index (χ0v) is 13.8. The lowest BCUT2D eigenvalue weighted by Gasteiger charge is -2.43. The van der Waals surface area contributed by atoms with Crippen molar-refractivity contribution in [3.63, 3.8) is 0 Å². The Hall–Kier alpha value is -1.23. The number of carbonyl (C=O) groups is 1. The molecule has 1 saturated heterocycles. The average molecular weight is 360 g/mol. The highest BCUT2D eigenvalue weighted by molar-refractivity contribution is 5.87. The molecule has 2 heterocycles. The molecule has 0 spiro atoms. The summed E-state index contributed by atoms with van der Waals surface area (Å²) in [6.07, 6.45) is -5.10. The fourth-order valence-corrected chi connectivity index (χ4v) is 4.01. The van der Waals surface area contributed by atoms with Crippen molar-refractivity contribution in [2.75, 3.05) is 6.61 Å². The molecule has 1 aliphatic carbocycles. The topological polar surface area (TPSA) is 146 Å². The average Bonchev–Trinajstić information content (AvgIpc) is 2.97. The van der Waals surface area contributed by atoms with Crippen molar-refractivity contribution in [3.05, 3.63) is 11.8 Å². The highest BCUT2D eigenvalue weighted by Crippen LogP contribution is 2.47. The first-order chi connectivity index (χ1) is 11.8. The first-order valence-corrected chi connectivity index (χ1v) is 8.40. The summed E-state index contributed by atoms with van der Waals surface area (Å²) in [5.41, 5.74) is 0.197. The second-order valence-electron chi connectivity index (χ2n) is 6.95. The number of carboxylic acids is 1. The molecular formula is C16H24O9. The number of aliphatic hydroxyl groups is 4. The summed E-state index contributed by atoms with van der Waals surface area (Å²) < 4.78 is 16.5. The van der Waals surface area contributed by atoms with E-state index in [1.807, 2.05) is 6.92 Å². The fourth-order valence-electron chi connectivity index (χ4n) is 4.01. The van der Waals surface area contributed by atoms with E-state index in [2.05, 4.69) is 0 Å². The van der Waals surface area contributed by atoms with Gasteiger partial charge in [-0.15, -0.1) is 0 Å². The summed E-state index contributed by atoms with van der Waals surface area (Å²) in [5.74, 6) is -1.35. The molecule has 3 aliphatic rings. The number of hydrogen-bond donors (Lipinski definition) is 5. The molecule has 2 fully saturated rings. The Labute approximate surface area is 144 Å². The van der Waals surface area contributed by atoms with Gasteiger partial charge in [0.25, 0.3) is 0 Å².